The molecule has 2 aliphatic rings. The first-order valence-electron chi connectivity index (χ1n) is 10.9. The number of imide groups is 1. The molecule has 2 fully saturated rings. The molecule has 0 unspecified atom stereocenters. The van der Waals surface area contributed by atoms with Gasteiger partial charge in [0.05, 0.1) is 23.1 Å². The summed E-state index contributed by atoms with van der Waals surface area (Å²) in [5.74, 6) is -2.06. The van der Waals surface area contributed by atoms with Gasteiger partial charge in [0.2, 0.25) is 11.8 Å². The first-order valence-corrected chi connectivity index (χ1v) is 10.9. The van der Waals surface area contributed by atoms with Crippen LogP contribution < -0.4 is 10.2 Å². The van der Waals surface area contributed by atoms with E-state index in [4.69, 9.17) is 4.74 Å². The average Bonchev–Trinajstić information content (AvgIpc) is 3.02. The number of nitrogens with zero attached hydrogens (tertiary/aromatic N) is 1. The summed E-state index contributed by atoms with van der Waals surface area (Å²) >= 11 is 0. The fourth-order valence-electron chi connectivity index (χ4n) is 4.65. The van der Waals surface area contributed by atoms with Gasteiger partial charge in [0, 0.05) is 5.69 Å². The maximum atomic E-state index is 12.8. The van der Waals surface area contributed by atoms with Crippen LogP contribution in [0.25, 0.3) is 0 Å². The molecule has 166 valence electrons. The van der Waals surface area contributed by atoms with Crippen LogP contribution >= 0.6 is 0 Å². The maximum absolute atomic E-state index is 12.8. The normalized spacial score (nSPS) is 20.1. The zero-order valence-corrected chi connectivity index (χ0v) is 18.2. The number of carbonyl (C=O) groups is 4. The molecule has 2 aromatic carbocycles. The van der Waals surface area contributed by atoms with Crippen LogP contribution in [0.4, 0.5) is 11.4 Å². The summed E-state index contributed by atoms with van der Waals surface area (Å²) < 4.78 is 5.15. The number of hydrogen-bond donors (Lipinski definition) is 1. The molecule has 1 saturated heterocycles. The molecule has 0 spiro atoms. The van der Waals surface area contributed by atoms with Crippen molar-refractivity contribution in [3.8, 4) is 0 Å². The van der Waals surface area contributed by atoms with E-state index in [0.717, 1.165) is 36.8 Å². The van der Waals surface area contributed by atoms with Crippen molar-refractivity contribution in [2.45, 2.75) is 39.5 Å². The molecule has 3 amide bonds. The van der Waals surface area contributed by atoms with Crippen molar-refractivity contribution in [3.05, 3.63) is 59.2 Å². The van der Waals surface area contributed by atoms with Gasteiger partial charge in [0.15, 0.2) is 6.61 Å². The lowest BCUT2D eigenvalue weighted by Crippen LogP contribution is -2.31. The number of nitrogens with one attached hydrogen (secondary N) is 1. The Hall–Kier alpha value is -3.48. The van der Waals surface area contributed by atoms with Crippen molar-refractivity contribution in [2.75, 3.05) is 16.8 Å². The van der Waals surface area contributed by atoms with Gasteiger partial charge in [-0.25, -0.2) is 4.79 Å². The van der Waals surface area contributed by atoms with E-state index in [1.165, 1.54) is 17.0 Å². The minimum Gasteiger partial charge on any atom is -0.452 e. The second kappa shape index (κ2) is 8.94. The molecule has 4 rings (SSSR count). The number of benzene rings is 2. The molecule has 1 aliphatic heterocycles. The fourth-order valence-corrected chi connectivity index (χ4v) is 4.65. The summed E-state index contributed by atoms with van der Waals surface area (Å²) in [5.41, 5.74) is 3.21. The van der Waals surface area contributed by atoms with E-state index in [2.05, 4.69) is 5.32 Å². The van der Waals surface area contributed by atoms with Gasteiger partial charge in [-0.1, -0.05) is 25.0 Å². The topological polar surface area (TPSA) is 92.8 Å². The number of ether oxygens (including phenoxy) is 1. The molecule has 1 saturated carbocycles. The molecule has 2 atom stereocenters. The molecular formula is C25H26N2O5. The highest BCUT2D eigenvalue weighted by Crippen LogP contribution is 2.40. The van der Waals surface area contributed by atoms with Gasteiger partial charge in [0.1, 0.15) is 0 Å². The molecule has 0 bridgehead atoms. The highest BCUT2D eigenvalue weighted by molar-refractivity contribution is 6.22. The number of amides is 3. The Morgan fingerprint density at radius 1 is 0.969 bits per heavy atom. The Labute approximate surface area is 186 Å². The van der Waals surface area contributed by atoms with Gasteiger partial charge in [-0.3, -0.25) is 19.3 Å². The quantitative estimate of drug-likeness (QED) is 0.571. The van der Waals surface area contributed by atoms with E-state index in [-0.39, 0.29) is 29.2 Å². The van der Waals surface area contributed by atoms with Crippen molar-refractivity contribution >= 4 is 35.1 Å². The monoisotopic (exact) mass is 434 g/mol. The summed E-state index contributed by atoms with van der Waals surface area (Å²) in [6.07, 6.45) is 3.35. The molecular weight excluding hydrogens is 408 g/mol. The van der Waals surface area contributed by atoms with Crippen LogP contribution in [-0.2, 0) is 19.1 Å². The lowest BCUT2D eigenvalue weighted by atomic mass is 9.81. The minimum absolute atomic E-state index is 0.178. The van der Waals surface area contributed by atoms with Crippen LogP contribution in [0.15, 0.2) is 42.5 Å². The Morgan fingerprint density at radius 3 is 2.22 bits per heavy atom. The second-order valence-electron chi connectivity index (χ2n) is 8.56. The Bertz CT molecular complexity index is 1050. The van der Waals surface area contributed by atoms with Crippen molar-refractivity contribution in [2.24, 2.45) is 11.8 Å². The van der Waals surface area contributed by atoms with Gasteiger partial charge >= 0.3 is 5.97 Å². The number of fused-ring (bicyclic) bond motifs is 1. The molecule has 0 radical (unpaired) electrons. The largest absolute Gasteiger partial charge is 0.452 e. The lowest BCUT2D eigenvalue weighted by molar-refractivity contribution is -0.122. The zero-order valence-electron chi connectivity index (χ0n) is 18.2. The van der Waals surface area contributed by atoms with Crippen molar-refractivity contribution in [1.29, 1.82) is 0 Å². The van der Waals surface area contributed by atoms with Gasteiger partial charge in [0.25, 0.3) is 5.91 Å². The third-order valence-electron chi connectivity index (χ3n) is 6.02. The van der Waals surface area contributed by atoms with Gasteiger partial charge in [-0.05, 0) is 68.1 Å². The summed E-state index contributed by atoms with van der Waals surface area (Å²) in [6, 6.07) is 11.9. The van der Waals surface area contributed by atoms with Crippen LogP contribution in [0, 0.1) is 25.7 Å². The lowest BCUT2D eigenvalue weighted by Gasteiger charge is -2.19. The van der Waals surface area contributed by atoms with E-state index in [1.54, 1.807) is 12.1 Å². The number of anilines is 2. The van der Waals surface area contributed by atoms with Crippen molar-refractivity contribution in [1.82, 2.24) is 0 Å². The van der Waals surface area contributed by atoms with E-state index in [9.17, 15) is 19.2 Å². The van der Waals surface area contributed by atoms with E-state index in [0.29, 0.717) is 11.4 Å². The Kier molecular flexibility index (Phi) is 6.08. The van der Waals surface area contributed by atoms with Gasteiger partial charge < -0.3 is 10.1 Å². The second-order valence-corrected chi connectivity index (χ2v) is 8.56. The van der Waals surface area contributed by atoms with Crippen LogP contribution in [0.1, 0.15) is 47.2 Å². The summed E-state index contributed by atoms with van der Waals surface area (Å²) in [5, 5.41) is 2.71. The number of carbonyl (C=O) groups excluding carboxylic acids is 4. The number of aryl methyl sites for hydroxylation is 2. The standard InChI is InChI=1S/C25H26N2O5/c1-15-10-16(2)12-18(11-15)26-22(28)14-32-25(31)17-6-5-7-19(13-17)27-23(29)20-8-3-4-9-21(20)24(27)30/h5-7,10-13,20-21H,3-4,8-9,14H2,1-2H3,(H,26,28)/t20-,21+. The Balaban J connectivity index is 1.41. The molecule has 2 aromatic rings. The van der Waals surface area contributed by atoms with Crippen LogP contribution in [0.3, 0.4) is 0 Å². The van der Waals surface area contributed by atoms with E-state index < -0.39 is 18.5 Å². The molecule has 1 aliphatic carbocycles. The highest BCUT2D eigenvalue weighted by atomic mass is 16.5. The smallest absolute Gasteiger partial charge is 0.338 e. The van der Waals surface area contributed by atoms with E-state index in [1.807, 2.05) is 32.0 Å². The van der Waals surface area contributed by atoms with E-state index >= 15 is 0 Å². The van der Waals surface area contributed by atoms with Crippen LogP contribution in [-0.4, -0.2) is 30.3 Å². The zero-order chi connectivity index (χ0) is 22.8. The number of hydrogen-bond acceptors (Lipinski definition) is 5. The summed E-state index contributed by atoms with van der Waals surface area (Å²) in [6.45, 7) is 3.42. The summed E-state index contributed by atoms with van der Waals surface area (Å²) in [4.78, 5) is 51.5. The average molecular weight is 434 g/mol. The van der Waals surface area contributed by atoms with Crippen LogP contribution in [0.2, 0.25) is 0 Å². The molecule has 7 nitrogen and oxygen atoms in total. The summed E-state index contributed by atoms with van der Waals surface area (Å²) in [7, 11) is 0. The first-order chi connectivity index (χ1) is 15.3. The molecule has 7 heteroatoms. The predicted octanol–water partition coefficient (Wildman–Crippen LogP) is 3.78. The predicted molar refractivity (Wildman–Crippen MR) is 119 cm³/mol. The third-order valence-corrected chi connectivity index (χ3v) is 6.02. The third kappa shape index (κ3) is 4.42. The number of rotatable bonds is 5. The van der Waals surface area contributed by atoms with Gasteiger partial charge in [-0.2, -0.15) is 0 Å². The molecule has 1 N–H and O–H groups in total. The highest BCUT2D eigenvalue weighted by Gasteiger charge is 2.48. The minimum atomic E-state index is -0.695. The maximum Gasteiger partial charge on any atom is 0.338 e. The number of esters is 1. The molecule has 32 heavy (non-hydrogen) atoms. The Morgan fingerprint density at radius 2 is 1.59 bits per heavy atom. The van der Waals surface area contributed by atoms with Crippen molar-refractivity contribution in [3.63, 3.8) is 0 Å². The van der Waals surface area contributed by atoms with Gasteiger partial charge in [-0.15, -0.1) is 0 Å². The molecule has 0 aromatic heterocycles. The SMILES string of the molecule is Cc1cc(C)cc(NC(=O)COC(=O)c2cccc(N3C(=O)[C@H]4CCCC[C@H]4C3=O)c2)c1. The fraction of sp³-hybridized carbons (Fsp3) is 0.360. The first kappa shape index (κ1) is 21.7. The van der Waals surface area contributed by atoms with Crippen LogP contribution in [0.5, 0.6) is 0 Å². The van der Waals surface area contributed by atoms with Crippen molar-refractivity contribution < 1.29 is 23.9 Å². The molecule has 1 heterocycles.